The summed E-state index contributed by atoms with van der Waals surface area (Å²) in [7, 11) is 0. The van der Waals surface area contributed by atoms with Crippen molar-refractivity contribution in [2.24, 2.45) is 5.92 Å². The Kier molecular flexibility index (Phi) is 8.24. The van der Waals surface area contributed by atoms with Gasteiger partial charge in [0.05, 0.1) is 0 Å². The third-order valence-corrected chi connectivity index (χ3v) is 4.83. The number of hydrogen-bond acceptors (Lipinski definition) is 2. The van der Waals surface area contributed by atoms with E-state index < -0.39 is 0 Å². The van der Waals surface area contributed by atoms with Gasteiger partial charge in [-0.1, -0.05) is 51.8 Å². The minimum Gasteiger partial charge on any atom is -0.313 e. The monoisotopic (exact) mass is 279 g/mol. The van der Waals surface area contributed by atoms with Crippen LogP contribution in [0.1, 0.15) is 45.6 Å². The summed E-state index contributed by atoms with van der Waals surface area (Å²) in [4.78, 5) is 1.42. The van der Waals surface area contributed by atoms with Crippen molar-refractivity contribution in [2.45, 2.75) is 57.9 Å². The average Bonchev–Trinajstić information content (AvgIpc) is 2.38. The molecule has 1 aromatic carbocycles. The lowest BCUT2D eigenvalue weighted by atomic mass is 9.98. The summed E-state index contributed by atoms with van der Waals surface area (Å²) >= 11 is 1.99. The Labute approximate surface area is 123 Å². The second kappa shape index (κ2) is 9.44. The van der Waals surface area contributed by atoms with Crippen LogP contribution >= 0.6 is 11.8 Å². The maximum absolute atomic E-state index is 3.64. The minimum atomic E-state index is 0.635. The molecule has 2 heteroatoms. The van der Waals surface area contributed by atoms with E-state index in [1.165, 1.54) is 35.5 Å². The van der Waals surface area contributed by atoms with E-state index in [-0.39, 0.29) is 0 Å². The van der Waals surface area contributed by atoms with Crippen LogP contribution in [-0.4, -0.2) is 18.3 Å². The quantitative estimate of drug-likeness (QED) is 0.646. The van der Waals surface area contributed by atoms with Crippen molar-refractivity contribution in [3.05, 3.63) is 29.8 Å². The molecule has 0 spiro atoms. The highest BCUT2D eigenvalue weighted by molar-refractivity contribution is 7.99. The lowest BCUT2D eigenvalue weighted by Gasteiger charge is -2.21. The molecular formula is C17H29NS. The van der Waals surface area contributed by atoms with Crippen molar-refractivity contribution in [3.63, 3.8) is 0 Å². The third kappa shape index (κ3) is 6.49. The van der Waals surface area contributed by atoms with Crippen LogP contribution in [0.25, 0.3) is 0 Å². The molecule has 19 heavy (non-hydrogen) atoms. The lowest BCUT2D eigenvalue weighted by molar-refractivity contribution is 0.409. The first kappa shape index (κ1) is 16.6. The second-order valence-corrected chi connectivity index (χ2v) is 6.52. The minimum absolute atomic E-state index is 0.635. The summed E-state index contributed by atoms with van der Waals surface area (Å²) in [5.41, 5.74) is 1.39. The summed E-state index contributed by atoms with van der Waals surface area (Å²) in [6, 6.07) is 9.32. The van der Waals surface area contributed by atoms with Gasteiger partial charge in [0, 0.05) is 16.7 Å². The molecular weight excluding hydrogens is 250 g/mol. The molecule has 0 amide bonds. The van der Waals surface area contributed by atoms with Gasteiger partial charge < -0.3 is 5.32 Å². The predicted octanol–water partition coefficient (Wildman–Crippen LogP) is 4.89. The van der Waals surface area contributed by atoms with Crippen LogP contribution in [0.5, 0.6) is 0 Å². The highest BCUT2D eigenvalue weighted by atomic mass is 32.2. The van der Waals surface area contributed by atoms with Gasteiger partial charge in [-0.3, -0.25) is 0 Å². The Bertz CT molecular complexity index is 351. The smallest absolute Gasteiger partial charge is 0.0164 e. The van der Waals surface area contributed by atoms with E-state index in [4.69, 9.17) is 0 Å². The van der Waals surface area contributed by atoms with Crippen LogP contribution in [0.15, 0.2) is 29.2 Å². The Balaban J connectivity index is 2.47. The molecule has 2 atom stereocenters. The molecule has 0 aliphatic carbocycles. The molecule has 1 aromatic rings. The number of aryl methyl sites for hydroxylation is 1. The fourth-order valence-electron chi connectivity index (χ4n) is 2.50. The fourth-order valence-corrected chi connectivity index (χ4v) is 3.61. The van der Waals surface area contributed by atoms with Crippen molar-refractivity contribution in [1.82, 2.24) is 5.32 Å². The Hall–Kier alpha value is -0.470. The first-order chi connectivity index (χ1) is 9.17. The first-order valence-electron chi connectivity index (χ1n) is 7.59. The van der Waals surface area contributed by atoms with Gasteiger partial charge in [0.15, 0.2) is 0 Å². The normalized spacial score (nSPS) is 14.3. The van der Waals surface area contributed by atoms with Crippen LogP contribution in [-0.2, 0) is 0 Å². The molecule has 1 nitrogen and oxygen atoms in total. The Morgan fingerprint density at radius 3 is 2.58 bits per heavy atom. The van der Waals surface area contributed by atoms with Crippen molar-refractivity contribution in [1.29, 1.82) is 0 Å². The van der Waals surface area contributed by atoms with Crippen LogP contribution in [0.3, 0.4) is 0 Å². The summed E-state index contributed by atoms with van der Waals surface area (Å²) < 4.78 is 0. The molecule has 0 fully saturated rings. The van der Waals surface area contributed by atoms with Gasteiger partial charge in [-0.25, -0.2) is 0 Å². The van der Waals surface area contributed by atoms with Crippen molar-refractivity contribution in [3.8, 4) is 0 Å². The Morgan fingerprint density at radius 1 is 1.21 bits per heavy atom. The van der Waals surface area contributed by atoms with Gasteiger partial charge in [-0.05, 0) is 37.4 Å². The fraction of sp³-hybridized carbons (Fsp3) is 0.647. The maximum Gasteiger partial charge on any atom is 0.0164 e. The maximum atomic E-state index is 3.64. The topological polar surface area (TPSA) is 12.0 Å². The SMILES string of the molecule is CCCC(C)CC(CSc1ccccc1C)NCC. The number of thioether (sulfide) groups is 1. The molecule has 0 saturated heterocycles. The van der Waals surface area contributed by atoms with Crippen LogP contribution in [0.4, 0.5) is 0 Å². The van der Waals surface area contributed by atoms with Crippen molar-refractivity contribution in [2.75, 3.05) is 12.3 Å². The number of hydrogen-bond donors (Lipinski definition) is 1. The third-order valence-electron chi connectivity index (χ3n) is 3.49. The van der Waals surface area contributed by atoms with Crippen LogP contribution < -0.4 is 5.32 Å². The second-order valence-electron chi connectivity index (χ2n) is 5.46. The molecule has 1 N–H and O–H groups in total. The molecule has 2 unspecified atom stereocenters. The molecule has 0 bridgehead atoms. The summed E-state index contributed by atoms with van der Waals surface area (Å²) in [6.45, 7) is 10.1. The lowest BCUT2D eigenvalue weighted by Crippen LogP contribution is -2.32. The van der Waals surface area contributed by atoms with Gasteiger partial charge in [0.1, 0.15) is 0 Å². The van der Waals surface area contributed by atoms with E-state index in [1.54, 1.807) is 0 Å². The highest BCUT2D eigenvalue weighted by Crippen LogP contribution is 2.24. The highest BCUT2D eigenvalue weighted by Gasteiger charge is 2.12. The summed E-state index contributed by atoms with van der Waals surface area (Å²) in [5.74, 6) is 2.00. The van der Waals surface area contributed by atoms with E-state index >= 15 is 0 Å². The van der Waals surface area contributed by atoms with Gasteiger partial charge >= 0.3 is 0 Å². The van der Waals surface area contributed by atoms with E-state index in [9.17, 15) is 0 Å². The number of nitrogens with one attached hydrogen (secondary N) is 1. The number of rotatable bonds is 9. The van der Waals surface area contributed by atoms with Gasteiger partial charge in [-0.15, -0.1) is 11.8 Å². The van der Waals surface area contributed by atoms with Crippen molar-refractivity contribution < 1.29 is 0 Å². The van der Waals surface area contributed by atoms with E-state index in [1.807, 2.05) is 11.8 Å². The molecule has 0 heterocycles. The largest absolute Gasteiger partial charge is 0.313 e. The zero-order chi connectivity index (χ0) is 14.1. The molecule has 0 radical (unpaired) electrons. The van der Waals surface area contributed by atoms with E-state index in [2.05, 4.69) is 57.3 Å². The molecule has 108 valence electrons. The Morgan fingerprint density at radius 2 is 1.95 bits per heavy atom. The zero-order valence-electron chi connectivity index (χ0n) is 12.9. The van der Waals surface area contributed by atoms with Gasteiger partial charge in [-0.2, -0.15) is 0 Å². The van der Waals surface area contributed by atoms with Crippen LogP contribution in [0.2, 0.25) is 0 Å². The summed E-state index contributed by atoms with van der Waals surface area (Å²) in [6.07, 6.45) is 3.93. The number of benzene rings is 1. The van der Waals surface area contributed by atoms with Gasteiger partial charge in [0.2, 0.25) is 0 Å². The molecule has 0 aliphatic rings. The first-order valence-corrected chi connectivity index (χ1v) is 8.57. The predicted molar refractivity (Wildman–Crippen MR) is 88.1 cm³/mol. The van der Waals surface area contributed by atoms with Gasteiger partial charge in [0.25, 0.3) is 0 Å². The standard InChI is InChI=1S/C17H29NS/c1-5-9-14(3)12-16(18-6-2)13-19-17-11-8-7-10-15(17)4/h7-8,10-11,14,16,18H,5-6,9,12-13H2,1-4H3. The van der Waals surface area contributed by atoms with Crippen molar-refractivity contribution >= 4 is 11.8 Å². The molecule has 0 saturated carbocycles. The zero-order valence-corrected chi connectivity index (χ0v) is 13.7. The van der Waals surface area contributed by atoms with Crippen LogP contribution in [0, 0.1) is 12.8 Å². The molecule has 0 aromatic heterocycles. The van der Waals surface area contributed by atoms with E-state index in [0.717, 1.165) is 12.5 Å². The summed E-state index contributed by atoms with van der Waals surface area (Å²) in [5, 5.41) is 3.64. The van der Waals surface area contributed by atoms with E-state index in [0.29, 0.717) is 6.04 Å². The molecule has 0 aliphatic heterocycles. The molecule has 1 rings (SSSR count). The average molecular weight is 279 g/mol.